The van der Waals surface area contributed by atoms with Gasteiger partial charge in [0.15, 0.2) is 0 Å². The second-order valence-electron chi connectivity index (χ2n) is 5.53. The summed E-state index contributed by atoms with van der Waals surface area (Å²) in [7, 11) is 1.68. The van der Waals surface area contributed by atoms with Gasteiger partial charge in [0.25, 0.3) is 0 Å². The molecule has 1 heterocycles. The largest absolute Gasteiger partial charge is 0.497 e. The Hall–Kier alpha value is -1.87. The number of halogens is 1. The number of nitrogens with zero attached hydrogens (tertiary/aromatic N) is 1. The second kappa shape index (κ2) is 6.27. The van der Waals surface area contributed by atoms with E-state index in [1.54, 1.807) is 19.2 Å². The Bertz CT molecular complexity index is 579. The zero-order chi connectivity index (χ0) is 14.7. The lowest BCUT2D eigenvalue weighted by atomic mass is 10.0. The van der Waals surface area contributed by atoms with E-state index in [-0.39, 0.29) is 5.82 Å². The van der Waals surface area contributed by atoms with Gasteiger partial charge in [0.1, 0.15) is 11.6 Å². The van der Waals surface area contributed by atoms with Crippen LogP contribution >= 0.6 is 0 Å². The summed E-state index contributed by atoms with van der Waals surface area (Å²) in [6.45, 7) is 2.01. The Labute approximate surface area is 125 Å². The topological polar surface area (TPSA) is 12.5 Å². The number of benzene rings is 2. The number of hydrogen-bond acceptors (Lipinski definition) is 2. The number of likely N-dealkylation sites (tertiary alicyclic amines) is 1. The molecule has 3 rings (SSSR count). The lowest BCUT2D eigenvalue weighted by Gasteiger charge is -2.25. The maximum absolute atomic E-state index is 13.1. The summed E-state index contributed by atoms with van der Waals surface area (Å²) in [6, 6.07) is 15.5. The minimum absolute atomic E-state index is 0.168. The maximum atomic E-state index is 13.1. The van der Waals surface area contributed by atoms with Gasteiger partial charge in [-0.05, 0) is 54.8 Å². The Morgan fingerprint density at radius 2 is 1.81 bits per heavy atom. The molecule has 1 fully saturated rings. The molecule has 2 nitrogen and oxygen atoms in total. The summed E-state index contributed by atoms with van der Waals surface area (Å²) >= 11 is 0. The summed E-state index contributed by atoms with van der Waals surface area (Å²) in [5.74, 6) is 0.716. The molecule has 2 aromatic carbocycles. The van der Waals surface area contributed by atoms with Gasteiger partial charge in [0.05, 0.1) is 7.11 Å². The van der Waals surface area contributed by atoms with Crippen molar-refractivity contribution >= 4 is 0 Å². The van der Waals surface area contributed by atoms with Crippen LogP contribution in [0.1, 0.15) is 30.0 Å². The molecule has 0 aliphatic carbocycles. The predicted octanol–water partition coefficient (Wildman–Crippen LogP) is 4.17. The molecule has 0 radical (unpaired) electrons. The first-order valence-corrected chi connectivity index (χ1v) is 7.39. The highest BCUT2D eigenvalue weighted by atomic mass is 19.1. The highest BCUT2D eigenvalue weighted by Crippen LogP contribution is 2.33. The van der Waals surface area contributed by atoms with Gasteiger partial charge in [-0.1, -0.05) is 24.3 Å². The van der Waals surface area contributed by atoms with Crippen molar-refractivity contribution in [1.82, 2.24) is 4.90 Å². The molecule has 1 atom stereocenters. The van der Waals surface area contributed by atoms with Crippen molar-refractivity contribution in [2.24, 2.45) is 0 Å². The maximum Gasteiger partial charge on any atom is 0.123 e. The van der Waals surface area contributed by atoms with Crippen molar-refractivity contribution in [3.8, 4) is 5.75 Å². The monoisotopic (exact) mass is 285 g/mol. The minimum Gasteiger partial charge on any atom is -0.497 e. The van der Waals surface area contributed by atoms with Crippen molar-refractivity contribution in [2.75, 3.05) is 13.7 Å². The van der Waals surface area contributed by atoms with E-state index in [2.05, 4.69) is 17.0 Å². The van der Waals surface area contributed by atoms with Gasteiger partial charge >= 0.3 is 0 Å². The second-order valence-corrected chi connectivity index (χ2v) is 5.53. The quantitative estimate of drug-likeness (QED) is 0.836. The Kier molecular flexibility index (Phi) is 4.20. The molecule has 0 spiro atoms. The number of rotatable bonds is 4. The van der Waals surface area contributed by atoms with Crippen LogP contribution in [0.15, 0.2) is 48.5 Å². The smallest absolute Gasteiger partial charge is 0.123 e. The molecular formula is C18H20FNO. The molecule has 2 aromatic rings. The van der Waals surface area contributed by atoms with Crippen LogP contribution < -0.4 is 4.74 Å². The minimum atomic E-state index is -0.168. The van der Waals surface area contributed by atoms with Crippen LogP contribution in [0.2, 0.25) is 0 Å². The first-order chi connectivity index (χ1) is 10.3. The molecule has 1 aliphatic heterocycles. The summed E-state index contributed by atoms with van der Waals surface area (Å²) in [5.41, 5.74) is 2.49. The van der Waals surface area contributed by atoms with E-state index in [1.807, 2.05) is 24.3 Å². The van der Waals surface area contributed by atoms with Crippen molar-refractivity contribution in [1.29, 1.82) is 0 Å². The third kappa shape index (κ3) is 3.24. The van der Waals surface area contributed by atoms with Crippen LogP contribution in [0.25, 0.3) is 0 Å². The molecule has 0 saturated carbocycles. The zero-order valence-corrected chi connectivity index (χ0v) is 12.3. The molecule has 3 heteroatoms. The molecule has 0 amide bonds. The lowest BCUT2D eigenvalue weighted by Crippen LogP contribution is -2.22. The molecular weight excluding hydrogens is 265 g/mol. The van der Waals surface area contributed by atoms with Crippen LogP contribution in [0.5, 0.6) is 5.75 Å². The number of ether oxygens (including phenoxy) is 1. The van der Waals surface area contributed by atoms with E-state index in [0.717, 1.165) is 25.3 Å². The van der Waals surface area contributed by atoms with Gasteiger partial charge < -0.3 is 4.74 Å². The SMILES string of the molecule is COc1ccc(CN2CCC[C@@H]2c2ccc(F)cc2)cc1. The average Bonchev–Trinajstić information content (AvgIpc) is 2.97. The Morgan fingerprint density at radius 3 is 2.48 bits per heavy atom. The summed E-state index contributed by atoms with van der Waals surface area (Å²) < 4.78 is 18.3. The van der Waals surface area contributed by atoms with Gasteiger partial charge in [-0.3, -0.25) is 4.90 Å². The number of methoxy groups -OCH3 is 1. The van der Waals surface area contributed by atoms with Crippen LogP contribution in [0.3, 0.4) is 0 Å². The molecule has 1 saturated heterocycles. The van der Waals surface area contributed by atoms with Crippen LogP contribution in [0.4, 0.5) is 4.39 Å². The number of hydrogen-bond donors (Lipinski definition) is 0. The normalized spacial score (nSPS) is 18.9. The lowest BCUT2D eigenvalue weighted by molar-refractivity contribution is 0.248. The van der Waals surface area contributed by atoms with E-state index in [4.69, 9.17) is 4.74 Å². The summed E-state index contributed by atoms with van der Waals surface area (Å²) in [5, 5.41) is 0. The van der Waals surface area contributed by atoms with E-state index < -0.39 is 0 Å². The van der Waals surface area contributed by atoms with Gasteiger partial charge in [-0.2, -0.15) is 0 Å². The molecule has 0 aromatic heterocycles. The van der Waals surface area contributed by atoms with Crippen molar-refractivity contribution in [3.63, 3.8) is 0 Å². The van der Waals surface area contributed by atoms with Crippen LogP contribution in [0, 0.1) is 5.82 Å². The molecule has 0 unspecified atom stereocenters. The first-order valence-electron chi connectivity index (χ1n) is 7.39. The fourth-order valence-corrected chi connectivity index (χ4v) is 3.04. The highest BCUT2D eigenvalue weighted by molar-refractivity contribution is 5.28. The van der Waals surface area contributed by atoms with E-state index in [9.17, 15) is 4.39 Å². The zero-order valence-electron chi connectivity index (χ0n) is 12.3. The molecule has 21 heavy (non-hydrogen) atoms. The molecule has 0 bridgehead atoms. The van der Waals surface area contributed by atoms with E-state index in [1.165, 1.54) is 17.5 Å². The van der Waals surface area contributed by atoms with E-state index in [0.29, 0.717) is 6.04 Å². The third-order valence-electron chi connectivity index (χ3n) is 4.16. The Balaban J connectivity index is 1.72. The molecule has 1 aliphatic rings. The molecule has 110 valence electrons. The van der Waals surface area contributed by atoms with Gasteiger partial charge in [0, 0.05) is 12.6 Å². The Morgan fingerprint density at radius 1 is 1.10 bits per heavy atom. The average molecular weight is 285 g/mol. The fourth-order valence-electron chi connectivity index (χ4n) is 3.04. The first kappa shape index (κ1) is 14.1. The summed E-state index contributed by atoms with van der Waals surface area (Å²) in [4.78, 5) is 2.47. The molecule has 0 N–H and O–H groups in total. The van der Waals surface area contributed by atoms with Gasteiger partial charge in [-0.15, -0.1) is 0 Å². The fraction of sp³-hybridized carbons (Fsp3) is 0.333. The van der Waals surface area contributed by atoms with E-state index >= 15 is 0 Å². The van der Waals surface area contributed by atoms with Crippen LogP contribution in [-0.4, -0.2) is 18.6 Å². The van der Waals surface area contributed by atoms with Crippen molar-refractivity contribution < 1.29 is 9.13 Å². The predicted molar refractivity (Wildman–Crippen MR) is 81.8 cm³/mol. The van der Waals surface area contributed by atoms with Crippen molar-refractivity contribution in [2.45, 2.75) is 25.4 Å². The van der Waals surface area contributed by atoms with Gasteiger partial charge in [-0.25, -0.2) is 4.39 Å². The third-order valence-corrected chi connectivity index (χ3v) is 4.16. The van der Waals surface area contributed by atoms with Crippen molar-refractivity contribution in [3.05, 3.63) is 65.5 Å². The highest BCUT2D eigenvalue weighted by Gasteiger charge is 2.25. The van der Waals surface area contributed by atoms with Gasteiger partial charge in [0.2, 0.25) is 0 Å². The standard InChI is InChI=1S/C18H20FNO/c1-21-17-10-4-14(5-11-17)13-20-12-2-3-18(20)15-6-8-16(19)9-7-15/h4-11,18H,2-3,12-13H2,1H3/t18-/m1/s1. The summed E-state index contributed by atoms with van der Waals surface area (Å²) in [6.07, 6.45) is 2.33. The van der Waals surface area contributed by atoms with Crippen LogP contribution in [-0.2, 0) is 6.54 Å².